The number of rotatable bonds is 7. The molecule has 0 atom stereocenters. The lowest BCUT2D eigenvalue weighted by atomic mass is 10.2. The van der Waals surface area contributed by atoms with Gasteiger partial charge in [0.15, 0.2) is 11.6 Å². The SMILES string of the molecule is CC.CC/C=C(\O/C(=C/CC)N1CCOCC1)c1cc2c3cccc(OC)c3nc(N)n2n1. The van der Waals surface area contributed by atoms with E-state index in [2.05, 4.69) is 29.8 Å². The molecule has 178 valence electrons. The van der Waals surface area contributed by atoms with Crippen molar-refractivity contribution in [3.05, 3.63) is 48.0 Å². The minimum absolute atomic E-state index is 0.298. The molecule has 0 unspecified atom stereocenters. The van der Waals surface area contributed by atoms with Crippen LogP contribution in [0.15, 0.2) is 42.3 Å². The Morgan fingerprint density at radius 3 is 2.55 bits per heavy atom. The van der Waals surface area contributed by atoms with Gasteiger partial charge in [-0.15, -0.1) is 0 Å². The predicted molar refractivity (Wildman–Crippen MR) is 133 cm³/mol. The van der Waals surface area contributed by atoms with Crippen molar-refractivity contribution >= 4 is 28.1 Å². The van der Waals surface area contributed by atoms with Crippen molar-refractivity contribution < 1.29 is 14.2 Å². The minimum Gasteiger partial charge on any atom is -0.494 e. The van der Waals surface area contributed by atoms with Crippen LogP contribution < -0.4 is 10.5 Å². The van der Waals surface area contributed by atoms with E-state index < -0.39 is 0 Å². The number of nitrogens with two attached hydrogens (primary N) is 1. The number of nitrogens with zero attached hydrogens (tertiary/aromatic N) is 4. The topological polar surface area (TPSA) is 87.1 Å². The molecular formula is C25H35N5O3. The summed E-state index contributed by atoms with van der Waals surface area (Å²) >= 11 is 0. The highest BCUT2D eigenvalue weighted by atomic mass is 16.5. The number of ether oxygens (including phenoxy) is 3. The molecule has 1 fully saturated rings. The summed E-state index contributed by atoms with van der Waals surface area (Å²) in [5.41, 5.74) is 8.52. The number of benzene rings is 1. The van der Waals surface area contributed by atoms with Crippen molar-refractivity contribution in [2.24, 2.45) is 0 Å². The molecule has 0 bridgehead atoms. The third kappa shape index (κ3) is 5.22. The van der Waals surface area contributed by atoms with Gasteiger partial charge in [0.2, 0.25) is 5.95 Å². The van der Waals surface area contributed by atoms with Crippen LogP contribution in [-0.4, -0.2) is 52.9 Å². The standard InChI is InChI=1S/C23H29N5O3.C2H6/c1-4-7-19(31-21(8-5-2)27-11-13-30-14-12-27)17-15-18-16-9-6-10-20(29-3)22(16)25-23(24)28(18)26-17;1-2/h6-10,15H,4-5,11-14H2,1-3H3,(H2,24,25);1-2H3/b19-7-,21-8+;. The maximum atomic E-state index is 6.41. The molecule has 1 aliphatic rings. The fourth-order valence-corrected chi connectivity index (χ4v) is 3.73. The normalized spacial score (nSPS) is 14.9. The van der Waals surface area contributed by atoms with Crippen LogP contribution in [0.1, 0.15) is 46.2 Å². The van der Waals surface area contributed by atoms with Gasteiger partial charge in [0.05, 0.1) is 25.8 Å². The molecule has 4 rings (SSSR count). The zero-order valence-electron chi connectivity index (χ0n) is 20.3. The molecule has 0 spiro atoms. The Kier molecular flexibility index (Phi) is 8.54. The maximum absolute atomic E-state index is 6.41. The summed E-state index contributed by atoms with van der Waals surface area (Å²) in [6.07, 6.45) is 5.82. The van der Waals surface area contributed by atoms with Crippen molar-refractivity contribution in [2.45, 2.75) is 40.5 Å². The summed E-state index contributed by atoms with van der Waals surface area (Å²) in [6.45, 7) is 11.2. The summed E-state index contributed by atoms with van der Waals surface area (Å²) in [7, 11) is 1.63. The molecule has 2 N–H and O–H groups in total. The van der Waals surface area contributed by atoms with Gasteiger partial charge in [-0.05, 0) is 37.1 Å². The third-order valence-corrected chi connectivity index (χ3v) is 5.21. The number of methoxy groups -OCH3 is 1. The fourth-order valence-electron chi connectivity index (χ4n) is 3.73. The minimum atomic E-state index is 0.298. The number of allylic oxidation sites excluding steroid dienone is 2. The van der Waals surface area contributed by atoms with E-state index in [1.165, 1.54) is 0 Å². The first-order valence-corrected chi connectivity index (χ1v) is 11.7. The lowest BCUT2D eigenvalue weighted by Gasteiger charge is -2.30. The second kappa shape index (κ2) is 11.6. The number of aromatic nitrogens is 3. The van der Waals surface area contributed by atoms with E-state index in [9.17, 15) is 0 Å². The molecule has 0 radical (unpaired) electrons. The lowest BCUT2D eigenvalue weighted by Crippen LogP contribution is -2.36. The van der Waals surface area contributed by atoms with Crippen molar-refractivity contribution in [1.82, 2.24) is 19.5 Å². The van der Waals surface area contributed by atoms with E-state index in [-0.39, 0.29) is 0 Å². The van der Waals surface area contributed by atoms with Gasteiger partial charge in [-0.3, -0.25) is 0 Å². The maximum Gasteiger partial charge on any atom is 0.222 e. The van der Waals surface area contributed by atoms with Crippen LogP contribution in [0.5, 0.6) is 5.75 Å². The molecule has 1 aromatic carbocycles. The van der Waals surface area contributed by atoms with Crippen LogP contribution in [0, 0.1) is 0 Å². The summed E-state index contributed by atoms with van der Waals surface area (Å²) in [5, 5.41) is 5.64. The molecule has 3 heterocycles. The molecule has 2 aromatic heterocycles. The summed E-state index contributed by atoms with van der Waals surface area (Å²) < 4.78 is 19.0. The highest BCUT2D eigenvalue weighted by molar-refractivity contribution is 5.98. The second-order valence-electron chi connectivity index (χ2n) is 7.28. The summed E-state index contributed by atoms with van der Waals surface area (Å²) in [4.78, 5) is 6.73. The number of para-hydroxylation sites is 1. The second-order valence-corrected chi connectivity index (χ2v) is 7.28. The van der Waals surface area contributed by atoms with Crippen molar-refractivity contribution in [3.63, 3.8) is 0 Å². The van der Waals surface area contributed by atoms with Crippen molar-refractivity contribution in [3.8, 4) is 5.75 Å². The third-order valence-electron chi connectivity index (χ3n) is 5.21. The quantitative estimate of drug-likeness (QED) is 0.512. The largest absolute Gasteiger partial charge is 0.494 e. The number of nitrogen functional groups attached to an aromatic ring is 1. The molecule has 1 saturated heterocycles. The van der Waals surface area contributed by atoms with Crippen molar-refractivity contribution in [1.29, 1.82) is 0 Å². The highest BCUT2D eigenvalue weighted by Gasteiger charge is 2.20. The Hall–Kier alpha value is -3.26. The average molecular weight is 454 g/mol. The number of hydrogen-bond donors (Lipinski definition) is 1. The molecule has 0 amide bonds. The van der Waals surface area contributed by atoms with Crippen LogP contribution in [0.3, 0.4) is 0 Å². The Morgan fingerprint density at radius 2 is 1.88 bits per heavy atom. The predicted octanol–water partition coefficient (Wildman–Crippen LogP) is 4.85. The van der Waals surface area contributed by atoms with Gasteiger partial charge >= 0.3 is 0 Å². The van der Waals surface area contributed by atoms with E-state index >= 15 is 0 Å². The number of anilines is 1. The molecule has 0 saturated carbocycles. The Morgan fingerprint density at radius 1 is 1.15 bits per heavy atom. The molecule has 8 heteroatoms. The summed E-state index contributed by atoms with van der Waals surface area (Å²) in [6, 6.07) is 7.79. The first kappa shape index (κ1) is 24.4. The van der Waals surface area contributed by atoms with E-state index in [0.717, 1.165) is 42.7 Å². The van der Waals surface area contributed by atoms with E-state index in [1.54, 1.807) is 11.6 Å². The zero-order valence-corrected chi connectivity index (χ0v) is 20.3. The van der Waals surface area contributed by atoms with Gasteiger partial charge < -0.3 is 24.8 Å². The fraction of sp³-hybridized carbons (Fsp3) is 0.440. The smallest absolute Gasteiger partial charge is 0.222 e. The molecule has 33 heavy (non-hydrogen) atoms. The van der Waals surface area contributed by atoms with E-state index in [1.807, 2.05) is 44.2 Å². The number of morpholine rings is 1. The van der Waals surface area contributed by atoms with Gasteiger partial charge in [0.1, 0.15) is 17.0 Å². The lowest BCUT2D eigenvalue weighted by molar-refractivity contribution is 0.0309. The first-order chi connectivity index (χ1) is 16.2. The molecule has 3 aromatic rings. The van der Waals surface area contributed by atoms with Crippen LogP contribution in [0.25, 0.3) is 22.2 Å². The number of fused-ring (bicyclic) bond motifs is 3. The molecule has 1 aliphatic heterocycles. The molecular weight excluding hydrogens is 418 g/mol. The molecule has 8 nitrogen and oxygen atoms in total. The Balaban J connectivity index is 0.00000149. The molecule has 0 aliphatic carbocycles. The monoisotopic (exact) mass is 453 g/mol. The Bertz CT molecular complexity index is 1130. The van der Waals surface area contributed by atoms with Gasteiger partial charge in [0, 0.05) is 18.5 Å². The van der Waals surface area contributed by atoms with E-state index in [0.29, 0.717) is 41.9 Å². The van der Waals surface area contributed by atoms with Crippen LogP contribution >= 0.6 is 0 Å². The van der Waals surface area contributed by atoms with Gasteiger partial charge in [0.25, 0.3) is 0 Å². The highest BCUT2D eigenvalue weighted by Crippen LogP contribution is 2.31. The van der Waals surface area contributed by atoms with Gasteiger partial charge in [-0.1, -0.05) is 39.8 Å². The first-order valence-electron chi connectivity index (χ1n) is 11.7. The number of hydrogen-bond acceptors (Lipinski definition) is 7. The summed E-state index contributed by atoms with van der Waals surface area (Å²) in [5.74, 6) is 2.51. The Labute approximate surface area is 195 Å². The zero-order chi connectivity index (χ0) is 23.8. The van der Waals surface area contributed by atoms with Crippen molar-refractivity contribution in [2.75, 3.05) is 39.1 Å². The van der Waals surface area contributed by atoms with E-state index in [4.69, 9.17) is 25.0 Å². The van der Waals surface area contributed by atoms with Crippen LogP contribution in [0.2, 0.25) is 0 Å². The van der Waals surface area contributed by atoms with Gasteiger partial charge in [-0.25, -0.2) is 4.98 Å². The van der Waals surface area contributed by atoms with Crippen LogP contribution in [0.4, 0.5) is 5.95 Å². The average Bonchev–Trinajstić information content (AvgIpc) is 3.31. The van der Waals surface area contributed by atoms with Gasteiger partial charge in [-0.2, -0.15) is 9.61 Å². The van der Waals surface area contributed by atoms with Crippen LogP contribution in [-0.2, 0) is 9.47 Å².